The van der Waals surface area contributed by atoms with Crippen molar-refractivity contribution in [2.75, 3.05) is 12.4 Å². The topological polar surface area (TPSA) is 67.3 Å². The number of aryl methyl sites for hydroxylation is 1. The fourth-order valence-electron chi connectivity index (χ4n) is 4.73. The van der Waals surface area contributed by atoms with Gasteiger partial charge < -0.3 is 15.2 Å². The molecule has 4 rings (SSSR count). The highest BCUT2D eigenvalue weighted by atomic mass is 19.4. The van der Waals surface area contributed by atoms with Crippen LogP contribution in [0.3, 0.4) is 0 Å². The van der Waals surface area contributed by atoms with Gasteiger partial charge in [-0.3, -0.25) is 0 Å². The number of fused-ring (bicyclic) bond motifs is 2. The third kappa shape index (κ3) is 3.53. The van der Waals surface area contributed by atoms with Crippen molar-refractivity contribution in [2.24, 2.45) is 0 Å². The molecule has 2 N–H and O–H groups in total. The van der Waals surface area contributed by atoms with Gasteiger partial charge in [0.1, 0.15) is 11.3 Å². The molecule has 1 aliphatic rings. The maximum atomic E-state index is 15.3. The minimum absolute atomic E-state index is 0.0859. The van der Waals surface area contributed by atoms with Crippen LogP contribution in [0, 0.1) is 24.4 Å². The van der Waals surface area contributed by atoms with Gasteiger partial charge in [-0.2, -0.15) is 13.2 Å². The van der Waals surface area contributed by atoms with Gasteiger partial charge >= 0.3 is 6.18 Å². The summed E-state index contributed by atoms with van der Waals surface area (Å²) >= 11 is 0. The molecule has 0 unspecified atom stereocenters. The van der Waals surface area contributed by atoms with E-state index in [1.54, 1.807) is 0 Å². The molecule has 0 bridgehead atoms. The smallest absolute Gasteiger partial charge is 0.419 e. The van der Waals surface area contributed by atoms with Gasteiger partial charge in [-0.15, -0.1) is 0 Å². The van der Waals surface area contributed by atoms with Crippen molar-refractivity contribution in [2.45, 2.75) is 50.4 Å². The molecule has 0 saturated carbocycles. The Balaban J connectivity index is 2.00. The first kappa shape index (κ1) is 24.1. The maximum Gasteiger partial charge on any atom is 0.419 e. The van der Waals surface area contributed by atoms with Crippen LogP contribution in [0.25, 0.3) is 10.9 Å². The number of rotatable bonds is 3. The fraction of sp³-hybridized carbons (Fsp3) is 0.391. The first-order valence-corrected chi connectivity index (χ1v) is 10.2. The Morgan fingerprint density at radius 3 is 2.44 bits per heavy atom. The second-order valence-corrected chi connectivity index (χ2v) is 9.01. The van der Waals surface area contributed by atoms with Crippen LogP contribution < -0.4 is 10.1 Å². The largest absolute Gasteiger partial charge is 0.494 e. The van der Waals surface area contributed by atoms with Crippen molar-refractivity contribution in [1.29, 1.82) is 0 Å². The Hall–Kier alpha value is -3.08. The monoisotopic (exact) mass is 485 g/mol. The molecule has 11 heteroatoms. The summed E-state index contributed by atoms with van der Waals surface area (Å²) in [5, 5.41) is 13.4. The molecule has 1 aromatic heterocycles. The van der Waals surface area contributed by atoms with E-state index in [1.165, 1.54) is 33.9 Å². The second-order valence-electron chi connectivity index (χ2n) is 9.01. The Morgan fingerprint density at radius 1 is 1.15 bits per heavy atom. The van der Waals surface area contributed by atoms with E-state index in [2.05, 4.69) is 15.3 Å². The number of anilines is 1. The molecule has 0 radical (unpaired) electrons. The van der Waals surface area contributed by atoms with Gasteiger partial charge in [0, 0.05) is 28.9 Å². The van der Waals surface area contributed by atoms with E-state index in [0.29, 0.717) is 6.07 Å². The SMILES string of the molecule is COc1ccc2c(c1F)C(C)(C)C[C@](O)(C(F)(F)F)[C@H]2Nc1cc(F)c(F)c2nc(C)ncc12. The predicted molar refractivity (Wildman–Crippen MR) is 112 cm³/mol. The van der Waals surface area contributed by atoms with Crippen LogP contribution in [0.15, 0.2) is 24.4 Å². The zero-order valence-electron chi connectivity index (χ0n) is 18.6. The molecule has 0 fully saturated rings. The molecule has 2 atom stereocenters. The average molecular weight is 485 g/mol. The molecule has 1 heterocycles. The van der Waals surface area contributed by atoms with Gasteiger partial charge in [-0.25, -0.2) is 23.1 Å². The van der Waals surface area contributed by atoms with Crippen LogP contribution in [0.5, 0.6) is 5.75 Å². The molecular weight excluding hydrogens is 464 g/mol. The number of alkyl halides is 3. The molecule has 5 nitrogen and oxygen atoms in total. The Bertz CT molecular complexity index is 1290. The van der Waals surface area contributed by atoms with E-state index in [-0.39, 0.29) is 33.8 Å². The van der Waals surface area contributed by atoms with Crippen LogP contribution in [-0.4, -0.2) is 34.0 Å². The highest BCUT2D eigenvalue weighted by Crippen LogP contribution is 2.55. The normalized spacial score (nSPS) is 21.9. The lowest BCUT2D eigenvalue weighted by molar-refractivity contribution is -0.276. The number of methoxy groups -OCH3 is 1. The van der Waals surface area contributed by atoms with Crippen LogP contribution in [0.4, 0.5) is 32.0 Å². The van der Waals surface area contributed by atoms with E-state index in [1.807, 2.05) is 0 Å². The summed E-state index contributed by atoms with van der Waals surface area (Å²) in [7, 11) is 1.22. The van der Waals surface area contributed by atoms with Crippen LogP contribution in [0.2, 0.25) is 0 Å². The molecule has 2 aromatic carbocycles. The van der Waals surface area contributed by atoms with Crippen LogP contribution >= 0.6 is 0 Å². The standard InChI is InChI=1S/C23H21F6N3O2/c1-10-30-8-12-14(7-13(24)17(25)19(12)31-10)32-20-11-5-6-15(34-4)18(26)16(11)21(2,3)9-22(20,33)23(27,28)29/h5-8,20,32-33H,9H2,1-4H3/t20-,22+/m0/s1. The van der Waals surface area contributed by atoms with Crippen molar-refractivity contribution in [1.82, 2.24) is 9.97 Å². The quantitative estimate of drug-likeness (QED) is 0.480. The second kappa shape index (κ2) is 7.72. The lowest BCUT2D eigenvalue weighted by Gasteiger charge is -2.49. The number of halogens is 6. The Labute approximate surface area is 190 Å². The molecule has 3 aromatic rings. The maximum absolute atomic E-state index is 15.3. The van der Waals surface area contributed by atoms with Crippen molar-refractivity contribution < 1.29 is 36.2 Å². The minimum Gasteiger partial charge on any atom is -0.494 e. The number of aromatic nitrogens is 2. The number of nitrogens with zero attached hydrogens (tertiary/aromatic N) is 2. The summed E-state index contributed by atoms with van der Waals surface area (Å²) in [6.07, 6.45) is -4.93. The Kier molecular flexibility index (Phi) is 5.47. The van der Waals surface area contributed by atoms with Crippen molar-refractivity contribution in [3.05, 3.63) is 58.8 Å². The van der Waals surface area contributed by atoms with E-state index < -0.39 is 52.6 Å². The molecule has 34 heavy (non-hydrogen) atoms. The third-order valence-corrected chi connectivity index (χ3v) is 6.21. The predicted octanol–water partition coefficient (Wildman–Crippen LogP) is 5.49. The fourth-order valence-corrected chi connectivity index (χ4v) is 4.73. The van der Waals surface area contributed by atoms with E-state index in [9.17, 15) is 27.1 Å². The summed E-state index contributed by atoms with van der Waals surface area (Å²) in [6, 6.07) is 1.06. The number of aliphatic hydroxyl groups is 1. The van der Waals surface area contributed by atoms with E-state index in [4.69, 9.17) is 4.74 Å². The third-order valence-electron chi connectivity index (χ3n) is 6.21. The van der Waals surface area contributed by atoms with Gasteiger partial charge in [0.15, 0.2) is 28.8 Å². The zero-order chi connectivity index (χ0) is 25.2. The first-order valence-electron chi connectivity index (χ1n) is 10.2. The number of hydrogen-bond acceptors (Lipinski definition) is 5. The molecule has 182 valence electrons. The lowest BCUT2D eigenvalue weighted by atomic mass is 9.63. The van der Waals surface area contributed by atoms with Crippen molar-refractivity contribution in [3.8, 4) is 5.75 Å². The van der Waals surface area contributed by atoms with Gasteiger partial charge in [0.2, 0.25) is 0 Å². The summed E-state index contributed by atoms with van der Waals surface area (Å²) < 4.78 is 91.9. The summed E-state index contributed by atoms with van der Waals surface area (Å²) in [6.45, 7) is 4.20. The Morgan fingerprint density at radius 2 is 1.82 bits per heavy atom. The molecular formula is C23H21F6N3O2. The van der Waals surface area contributed by atoms with Gasteiger partial charge in [0.25, 0.3) is 0 Å². The highest BCUT2D eigenvalue weighted by Gasteiger charge is 2.64. The molecule has 0 amide bonds. The zero-order valence-corrected chi connectivity index (χ0v) is 18.6. The summed E-state index contributed by atoms with van der Waals surface area (Å²) in [5.41, 5.74) is -5.84. The molecule has 0 aliphatic heterocycles. The van der Waals surface area contributed by atoms with Crippen LogP contribution in [-0.2, 0) is 5.41 Å². The van der Waals surface area contributed by atoms with E-state index in [0.717, 1.165) is 12.3 Å². The molecule has 1 aliphatic carbocycles. The van der Waals surface area contributed by atoms with Gasteiger partial charge in [0.05, 0.1) is 13.2 Å². The first-order chi connectivity index (χ1) is 15.7. The minimum atomic E-state index is -5.16. The van der Waals surface area contributed by atoms with Crippen LogP contribution in [0.1, 0.15) is 43.3 Å². The number of nitrogens with one attached hydrogen (secondary N) is 1. The molecule has 0 spiro atoms. The molecule has 0 saturated heterocycles. The number of ether oxygens (including phenoxy) is 1. The van der Waals surface area contributed by atoms with Crippen molar-refractivity contribution in [3.63, 3.8) is 0 Å². The van der Waals surface area contributed by atoms with Crippen molar-refractivity contribution >= 4 is 16.6 Å². The summed E-state index contributed by atoms with van der Waals surface area (Å²) in [5.74, 6) is -3.58. The number of benzene rings is 2. The van der Waals surface area contributed by atoms with E-state index >= 15 is 4.39 Å². The van der Waals surface area contributed by atoms with Gasteiger partial charge in [-0.1, -0.05) is 19.9 Å². The number of hydrogen-bond donors (Lipinski definition) is 2. The highest BCUT2D eigenvalue weighted by molar-refractivity contribution is 5.91. The lowest BCUT2D eigenvalue weighted by Crippen LogP contribution is -2.58. The van der Waals surface area contributed by atoms with Gasteiger partial charge in [-0.05, 0) is 30.4 Å². The average Bonchev–Trinajstić information content (AvgIpc) is 2.73. The summed E-state index contributed by atoms with van der Waals surface area (Å²) in [4.78, 5) is 7.77.